The highest BCUT2D eigenvalue weighted by Gasteiger charge is 2.45. The Kier molecular flexibility index (Phi) is 84.5. The van der Waals surface area contributed by atoms with Crippen LogP contribution in [0.25, 0.3) is 0 Å². The van der Waals surface area contributed by atoms with E-state index in [2.05, 4.69) is 126 Å². The number of ether oxygens (including phenoxy) is 8. The molecule has 0 aromatic rings. The maximum Gasteiger partial charge on any atom is 0.254 e. The molecule has 706 valence electrons. The Morgan fingerprint density at radius 1 is 0.229 bits per heavy atom. The van der Waals surface area contributed by atoms with Gasteiger partial charge in [0.2, 0.25) is 0 Å². The Labute approximate surface area is 727 Å². The van der Waals surface area contributed by atoms with Gasteiger partial charge in [0.1, 0.15) is 0 Å². The van der Waals surface area contributed by atoms with E-state index in [-0.39, 0.29) is 46.2 Å². The van der Waals surface area contributed by atoms with E-state index in [0.29, 0.717) is 85.0 Å². The van der Waals surface area contributed by atoms with Crippen molar-refractivity contribution >= 4 is 11.8 Å². The summed E-state index contributed by atoms with van der Waals surface area (Å²) in [6, 6.07) is 0. The van der Waals surface area contributed by atoms with Crippen LogP contribution < -0.4 is 39.3 Å². The third-order valence-electron chi connectivity index (χ3n) is 22.2. The van der Waals surface area contributed by atoms with Crippen LogP contribution in [-0.2, 0) is 47.5 Å². The maximum atomic E-state index is 16.8. The topological polar surface area (TPSA) is 288 Å². The van der Waals surface area contributed by atoms with Crippen molar-refractivity contribution in [3.63, 3.8) is 0 Å². The first-order chi connectivity index (χ1) is 57.7. The largest absolute Gasteiger partial charge is 0.376 e. The van der Waals surface area contributed by atoms with Gasteiger partial charge < -0.3 is 116 Å². The zero-order valence-corrected chi connectivity index (χ0v) is 79.4. The first kappa shape index (κ1) is 116. The van der Waals surface area contributed by atoms with E-state index < -0.39 is 35.5 Å². The van der Waals surface area contributed by atoms with Crippen molar-refractivity contribution in [2.45, 2.75) is 325 Å². The Bertz CT molecular complexity index is 1830. The third kappa shape index (κ3) is 64.8. The molecule has 0 aromatic heterocycles. The molecule has 0 heterocycles. The van der Waals surface area contributed by atoms with E-state index in [4.69, 9.17) is 66.6 Å². The van der Waals surface area contributed by atoms with Crippen molar-refractivity contribution in [2.24, 2.45) is 28.7 Å². The molecule has 0 spiro atoms. The van der Waals surface area contributed by atoms with E-state index in [1.165, 1.54) is 0 Å². The standard InChI is InChI=1S/C93H199N15O10/c1-12-23-52-101(53-24-13-2)68-39-76-111-84-92(117-82-45-74-104(58-29-18-7)59-30-19-8,85-112-77-40-69-105(60-31-20-9)63-34-47-94)99-90(109)88(115-80-43-72-102(54-25-14-3)55-26-15-4)89(116-81-44-73-103(56-27-16-5)57-28-17-6)91(110)100-93(118-83-46-75-108(66-37-50-97)67-38-51-98,86-113-78-41-70-106(61-32-21-10)64-35-48-95)87-114-79-42-71-107(62-33-22-11)65-36-49-96/h88-89H,12-87,94-98H2,1-11H3,(H,99,109)(H,100,110). The zero-order chi connectivity index (χ0) is 86.7. The summed E-state index contributed by atoms with van der Waals surface area (Å²) in [7, 11) is 0. The van der Waals surface area contributed by atoms with E-state index in [1.54, 1.807) is 0 Å². The molecular weight excluding hydrogens is 1490 g/mol. The number of amides is 2. The lowest BCUT2D eigenvalue weighted by Crippen LogP contribution is -2.65. The molecule has 0 aliphatic heterocycles. The van der Waals surface area contributed by atoms with Gasteiger partial charge in [0.05, 0.1) is 39.6 Å². The molecular formula is C93H199N15O10. The van der Waals surface area contributed by atoms with Crippen molar-refractivity contribution in [1.29, 1.82) is 0 Å². The monoisotopic (exact) mass is 1690 g/mol. The smallest absolute Gasteiger partial charge is 0.254 e. The van der Waals surface area contributed by atoms with Gasteiger partial charge in [-0.25, -0.2) is 0 Å². The molecule has 0 rings (SSSR count). The van der Waals surface area contributed by atoms with E-state index >= 15 is 9.59 Å². The number of hydrogen-bond acceptors (Lipinski definition) is 23. The summed E-state index contributed by atoms with van der Waals surface area (Å²) in [5.41, 5.74) is 27.5. The highest BCUT2D eigenvalue weighted by molar-refractivity contribution is 5.91. The molecule has 2 amide bonds. The molecule has 0 aromatic carbocycles. The summed E-state index contributed by atoms with van der Waals surface area (Å²) in [5.74, 6) is -1.10. The van der Waals surface area contributed by atoms with E-state index in [9.17, 15) is 0 Å². The molecule has 0 aliphatic rings. The first-order valence-electron chi connectivity index (χ1n) is 49.5. The number of nitrogens with one attached hydrogen (secondary N) is 2. The molecule has 0 radical (unpaired) electrons. The fourth-order valence-corrected chi connectivity index (χ4v) is 14.7. The van der Waals surface area contributed by atoms with Gasteiger partial charge in [-0.3, -0.25) is 9.59 Å². The van der Waals surface area contributed by atoms with Gasteiger partial charge in [-0.05, 0) is 292 Å². The second-order valence-electron chi connectivity index (χ2n) is 33.6. The number of hydrogen-bond donors (Lipinski definition) is 7. The lowest BCUT2D eigenvalue weighted by Gasteiger charge is -2.38. The summed E-state index contributed by atoms with van der Waals surface area (Å²) >= 11 is 0. The molecule has 0 saturated heterocycles. The van der Waals surface area contributed by atoms with Gasteiger partial charge >= 0.3 is 0 Å². The van der Waals surface area contributed by atoms with Crippen LogP contribution in [0.2, 0.25) is 0 Å². The third-order valence-corrected chi connectivity index (χ3v) is 22.2. The summed E-state index contributed by atoms with van der Waals surface area (Å²) in [6.45, 7) is 52.3. The molecule has 25 heteroatoms. The molecule has 3 unspecified atom stereocenters. The average molecular weight is 1690 g/mol. The van der Waals surface area contributed by atoms with Crippen molar-refractivity contribution in [3.8, 4) is 0 Å². The van der Waals surface area contributed by atoms with Crippen LogP contribution in [0, 0.1) is 0 Å². The highest BCUT2D eigenvalue weighted by atomic mass is 16.6. The van der Waals surface area contributed by atoms with Crippen LogP contribution in [0.15, 0.2) is 0 Å². The van der Waals surface area contributed by atoms with Crippen molar-refractivity contribution in [1.82, 2.24) is 49.8 Å². The van der Waals surface area contributed by atoms with Crippen LogP contribution in [0.3, 0.4) is 0 Å². The fraction of sp³-hybridized carbons (Fsp3) is 0.978. The highest BCUT2D eigenvalue weighted by Crippen LogP contribution is 2.21. The van der Waals surface area contributed by atoms with E-state index in [1.807, 2.05) is 0 Å². The van der Waals surface area contributed by atoms with Crippen molar-refractivity contribution in [2.75, 3.05) is 269 Å². The minimum absolute atomic E-state index is 0.00110. The fourth-order valence-electron chi connectivity index (χ4n) is 14.7. The number of unbranched alkanes of at least 4 members (excludes halogenated alkanes) is 11. The van der Waals surface area contributed by atoms with E-state index in [0.717, 1.165) is 363 Å². The number of nitrogens with zero attached hydrogens (tertiary/aromatic N) is 8. The maximum absolute atomic E-state index is 16.8. The van der Waals surface area contributed by atoms with Gasteiger partial charge in [0.25, 0.3) is 11.8 Å². The van der Waals surface area contributed by atoms with Crippen molar-refractivity contribution < 1.29 is 47.5 Å². The van der Waals surface area contributed by atoms with Gasteiger partial charge in [-0.2, -0.15) is 0 Å². The van der Waals surface area contributed by atoms with Gasteiger partial charge in [-0.1, -0.05) is 147 Å². The Morgan fingerprint density at radius 2 is 0.381 bits per heavy atom. The number of carbonyl (C=O) groups excluding carboxylic acids is 2. The second-order valence-corrected chi connectivity index (χ2v) is 33.6. The predicted octanol–water partition coefficient (Wildman–Crippen LogP) is 12.6. The summed E-state index contributed by atoms with van der Waals surface area (Å²) in [6.07, 6.45) is 31.5. The number of carbonyl (C=O) groups is 2. The molecule has 118 heavy (non-hydrogen) atoms. The lowest BCUT2D eigenvalue weighted by molar-refractivity contribution is -0.186. The van der Waals surface area contributed by atoms with Gasteiger partial charge in [-0.15, -0.1) is 0 Å². The van der Waals surface area contributed by atoms with Crippen LogP contribution in [-0.4, -0.2) is 344 Å². The Hall–Kier alpha value is -1.90. The van der Waals surface area contributed by atoms with Crippen molar-refractivity contribution in [3.05, 3.63) is 0 Å². The predicted molar refractivity (Wildman–Crippen MR) is 497 cm³/mol. The second kappa shape index (κ2) is 85.9. The van der Waals surface area contributed by atoms with Crippen LogP contribution >= 0.6 is 0 Å². The average Bonchev–Trinajstić information content (AvgIpc) is 0.813. The molecule has 0 fully saturated rings. The molecule has 0 saturated carbocycles. The molecule has 0 aliphatic carbocycles. The SMILES string of the molecule is CCCCN(CCCC)CCCOCC(COCCCN(CCCC)CCCN)(NC(=O)C(OCCCN(CCCC)CCCC)C(OCCCN(CCCC)CCCC)C(=O)NC(COCCCN(CCCC)CCCN)(COCCCN(CCCC)CCCN)OCCCN(CCCN)CCCN)OCCCN(CCCC)CCCC. The minimum atomic E-state index is -1.55. The number of nitrogens with two attached hydrogens (primary N) is 5. The first-order valence-corrected chi connectivity index (χ1v) is 49.5. The molecule has 25 nitrogen and oxygen atoms in total. The Morgan fingerprint density at radius 3 is 0.551 bits per heavy atom. The Balaban J connectivity index is 9.24. The van der Waals surface area contributed by atoms with Gasteiger partial charge in [0.15, 0.2) is 23.7 Å². The normalized spacial score (nSPS) is 13.4. The quantitative estimate of drug-likeness (QED) is 0.0220. The van der Waals surface area contributed by atoms with Gasteiger partial charge in [0, 0.05) is 92.0 Å². The lowest BCUT2D eigenvalue weighted by atomic mass is 10.1. The van der Waals surface area contributed by atoms with Crippen LogP contribution in [0.4, 0.5) is 0 Å². The summed E-state index contributed by atoms with van der Waals surface area (Å²) in [4.78, 5) is 53.7. The summed E-state index contributed by atoms with van der Waals surface area (Å²) in [5, 5.41) is 7.01. The summed E-state index contributed by atoms with van der Waals surface area (Å²) < 4.78 is 56.6. The van der Waals surface area contributed by atoms with Crippen LogP contribution in [0.5, 0.6) is 0 Å². The molecule has 0 bridgehead atoms. The minimum Gasteiger partial charge on any atom is -0.376 e. The zero-order valence-electron chi connectivity index (χ0n) is 79.4. The molecule has 3 atom stereocenters. The molecule has 12 N–H and O–H groups in total. The van der Waals surface area contributed by atoms with Crippen LogP contribution in [0.1, 0.15) is 301 Å². The number of rotatable bonds is 97.